The highest BCUT2D eigenvalue weighted by molar-refractivity contribution is 7.91. The van der Waals surface area contributed by atoms with Crippen molar-refractivity contribution in [2.45, 2.75) is 67.9 Å². The molecule has 0 saturated carbocycles. The molecule has 0 aliphatic carbocycles. The highest BCUT2D eigenvalue weighted by Crippen LogP contribution is 2.41. The number of aliphatic hydroxyl groups is 1. The van der Waals surface area contributed by atoms with E-state index in [-0.39, 0.29) is 14.9 Å². The fourth-order valence-corrected chi connectivity index (χ4v) is 7.04. The van der Waals surface area contributed by atoms with Crippen molar-refractivity contribution < 1.29 is 32.6 Å². The summed E-state index contributed by atoms with van der Waals surface area (Å²) in [6, 6.07) is 16.7. The number of hydrogen-bond acceptors (Lipinski definition) is 8. The predicted octanol–water partition coefficient (Wildman–Crippen LogP) is 5.07. The lowest BCUT2D eigenvalue weighted by atomic mass is 9.86. The molecule has 2 N–H and O–H groups in total. The summed E-state index contributed by atoms with van der Waals surface area (Å²) in [5, 5.41) is 11.1. The maximum absolute atomic E-state index is 13.2. The standard InChI is InChI=1S/C29H33NO7S2/c1-29(2)27(32)26(30-39(34,35)25-17-16-24(38-25)28(33)36-3)21-18-20(14-15-23(21)37-29)22(31)13-9-5-8-12-19-10-6-4-7-11-19/h4,6-7,10-11,14-18,26-27,30,32H,5,8-9,12-13H2,1-3H3/t26-,27+/m1/s1. The number of aliphatic hydroxyl groups excluding tert-OH is 1. The molecule has 2 aromatic carbocycles. The second-order valence-corrected chi connectivity index (χ2v) is 13.1. The number of sulfonamides is 1. The summed E-state index contributed by atoms with van der Waals surface area (Å²) >= 11 is 0.771. The lowest BCUT2D eigenvalue weighted by Crippen LogP contribution is -2.53. The van der Waals surface area contributed by atoms with Crippen LogP contribution in [-0.2, 0) is 21.2 Å². The number of carbonyl (C=O) groups excluding carboxylic acids is 2. The molecular formula is C29H33NO7S2. The Kier molecular flexibility index (Phi) is 8.90. The molecule has 8 nitrogen and oxygen atoms in total. The minimum absolute atomic E-state index is 0.0561. The van der Waals surface area contributed by atoms with Crippen molar-refractivity contribution in [1.82, 2.24) is 4.72 Å². The van der Waals surface area contributed by atoms with Gasteiger partial charge in [0.2, 0.25) is 0 Å². The molecule has 208 valence electrons. The van der Waals surface area contributed by atoms with Gasteiger partial charge in [-0.2, -0.15) is 0 Å². The van der Waals surface area contributed by atoms with Crippen molar-refractivity contribution in [3.63, 3.8) is 0 Å². The number of fused-ring (bicyclic) bond motifs is 1. The topological polar surface area (TPSA) is 119 Å². The van der Waals surface area contributed by atoms with Crippen molar-refractivity contribution in [1.29, 1.82) is 0 Å². The number of esters is 1. The van der Waals surface area contributed by atoms with Gasteiger partial charge in [-0.1, -0.05) is 36.8 Å². The van der Waals surface area contributed by atoms with E-state index in [1.807, 2.05) is 18.2 Å². The van der Waals surface area contributed by atoms with Crippen LogP contribution in [0.15, 0.2) is 64.9 Å². The fraction of sp³-hybridized carbons (Fsp3) is 0.379. The number of ether oxygens (including phenoxy) is 2. The molecule has 39 heavy (non-hydrogen) atoms. The second kappa shape index (κ2) is 12.0. The predicted molar refractivity (Wildman–Crippen MR) is 149 cm³/mol. The number of carbonyl (C=O) groups is 2. The molecule has 0 bridgehead atoms. The van der Waals surface area contributed by atoms with Crippen molar-refractivity contribution >= 4 is 33.1 Å². The van der Waals surface area contributed by atoms with E-state index in [9.17, 15) is 23.1 Å². The van der Waals surface area contributed by atoms with E-state index in [0.29, 0.717) is 23.3 Å². The quantitative estimate of drug-likeness (QED) is 0.187. The highest BCUT2D eigenvalue weighted by Gasteiger charge is 2.45. The molecule has 1 aliphatic rings. The van der Waals surface area contributed by atoms with Crippen LogP contribution >= 0.6 is 11.3 Å². The summed E-state index contributed by atoms with van der Waals surface area (Å²) in [4.78, 5) is 24.9. The Bertz CT molecular complexity index is 1430. The van der Waals surface area contributed by atoms with Crippen LogP contribution in [0.4, 0.5) is 0 Å². The van der Waals surface area contributed by atoms with Gasteiger partial charge in [0, 0.05) is 17.5 Å². The summed E-state index contributed by atoms with van der Waals surface area (Å²) < 4.78 is 39.6. The van der Waals surface area contributed by atoms with Crippen molar-refractivity contribution in [3.05, 3.63) is 82.2 Å². The van der Waals surface area contributed by atoms with Crippen LogP contribution in [0, 0.1) is 0 Å². The third kappa shape index (κ3) is 6.75. The Morgan fingerprint density at radius 3 is 2.51 bits per heavy atom. The molecule has 2 atom stereocenters. The van der Waals surface area contributed by atoms with Gasteiger partial charge in [0.15, 0.2) is 5.78 Å². The third-order valence-electron chi connectivity index (χ3n) is 6.79. The van der Waals surface area contributed by atoms with Crippen LogP contribution in [0.1, 0.15) is 76.7 Å². The lowest BCUT2D eigenvalue weighted by molar-refractivity contribution is -0.0603. The first-order chi connectivity index (χ1) is 18.5. The molecule has 0 unspecified atom stereocenters. The molecule has 4 rings (SSSR count). The number of unbranched alkanes of at least 4 members (excludes halogenated alkanes) is 2. The number of hydrogen-bond donors (Lipinski definition) is 2. The van der Waals surface area contributed by atoms with Gasteiger partial charge in [-0.3, -0.25) is 4.79 Å². The first kappa shape index (κ1) is 28.9. The third-order valence-corrected chi connectivity index (χ3v) is 9.79. The Morgan fingerprint density at radius 2 is 1.79 bits per heavy atom. The van der Waals surface area contributed by atoms with E-state index in [4.69, 9.17) is 4.74 Å². The minimum atomic E-state index is -4.12. The minimum Gasteiger partial charge on any atom is -0.485 e. The smallest absolute Gasteiger partial charge is 0.348 e. The van der Waals surface area contributed by atoms with Crippen molar-refractivity contribution in [3.8, 4) is 5.75 Å². The van der Waals surface area contributed by atoms with Gasteiger partial charge in [0.1, 0.15) is 26.5 Å². The zero-order valence-corrected chi connectivity index (χ0v) is 23.8. The van der Waals surface area contributed by atoms with Crippen LogP contribution in [-0.4, -0.2) is 44.1 Å². The number of aryl methyl sites for hydroxylation is 1. The van der Waals surface area contributed by atoms with E-state index in [0.717, 1.165) is 37.0 Å². The molecular weight excluding hydrogens is 538 g/mol. The number of methoxy groups -OCH3 is 1. The molecule has 1 aliphatic heterocycles. The first-order valence-electron chi connectivity index (χ1n) is 12.8. The van der Waals surface area contributed by atoms with E-state index in [1.54, 1.807) is 32.0 Å². The Morgan fingerprint density at radius 1 is 1.05 bits per heavy atom. The molecule has 10 heteroatoms. The van der Waals surface area contributed by atoms with Crippen LogP contribution in [0.3, 0.4) is 0 Å². The summed E-state index contributed by atoms with van der Waals surface area (Å²) in [5.74, 6) is -0.305. The largest absolute Gasteiger partial charge is 0.485 e. The molecule has 1 aromatic heterocycles. The highest BCUT2D eigenvalue weighted by atomic mass is 32.2. The molecule has 3 aromatic rings. The van der Waals surface area contributed by atoms with Crippen LogP contribution < -0.4 is 9.46 Å². The summed E-state index contributed by atoms with van der Waals surface area (Å²) in [6.45, 7) is 3.33. The van der Waals surface area contributed by atoms with Crippen molar-refractivity contribution in [2.24, 2.45) is 0 Å². The van der Waals surface area contributed by atoms with E-state index < -0.39 is 33.7 Å². The lowest BCUT2D eigenvalue weighted by Gasteiger charge is -2.42. The Balaban J connectivity index is 1.49. The van der Waals surface area contributed by atoms with Gasteiger partial charge in [0.25, 0.3) is 10.0 Å². The zero-order chi connectivity index (χ0) is 28.2. The van der Waals surface area contributed by atoms with Gasteiger partial charge in [-0.15, -0.1) is 11.3 Å². The first-order valence-corrected chi connectivity index (χ1v) is 15.1. The fourth-order valence-electron chi connectivity index (χ4n) is 4.58. The van der Waals surface area contributed by atoms with Crippen LogP contribution in [0.25, 0.3) is 0 Å². The van der Waals surface area contributed by atoms with Gasteiger partial charge in [-0.25, -0.2) is 17.9 Å². The number of thiophene rings is 1. The molecule has 0 saturated heterocycles. The van der Waals surface area contributed by atoms with E-state index >= 15 is 0 Å². The number of rotatable bonds is 11. The molecule has 0 fully saturated rings. The summed E-state index contributed by atoms with van der Waals surface area (Å²) in [7, 11) is -2.91. The molecule has 0 spiro atoms. The zero-order valence-electron chi connectivity index (χ0n) is 22.2. The van der Waals surface area contributed by atoms with Crippen LogP contribution in [0.2, 0.25) is 0 Å². The van der Waals surface area contributed by atoms with E-state index in [2.05, 4.69) is 21.6 Å². The Hall–Kier alpha value is -3.05. The normalized spacial score (nSPS) is 18.2. The number of nitrogens with one attached hydrogen (secondary N) is 1. The van der Waals surface area contributed by atoms with Crippen molar-refractivity contribution in [2.75, 3.05) is 7.11 Å². The van der Waals surface area contributed by atoms with Gasteiger partial charge in [0.05, 0.1) is 13.2 Å². The molecule has 2 heterocycles. The van der Waals surface area contributed by atoms with Gasteiger partial charge in [-0.05, 0) is 69.0 Å². The monoisotopic (exact) mass is 571 g/mol. The summed E-state index contributed by atoms with van der Waals surface area (Å²) in [6.07, 6.45) is 2.73. The molecule has 0 amide bonds. The van der Waals surface area contributed by atoms with E-state index in [1.165, 1.54) is 24.8 Å². The number of benzene rings is 2. The average molecular weight is 572 g/mol. The average Bonchev–Trinajstić information content (AvgIpc) is 3.42. The Labute approximate surface area is 233 Å². The maximum Gasteiger partial charge on any atom is 0.348 e. The second-order valence-electron chi connectivity index (χ2n) is 10.1. The number of Topliss-reactive ketones (excluding diaryl/α,β-unsaturated/α-hetero) is 1. The van der Waals surface area contributed by atoms with Gasteiger partial charge < -0.3 is 14.6 Å². The van der Waals surface area contributed by atoms with Crippen LogP contribution in [0.5, 0.6) is 5.75 Å². The molecule has 0 radical (unpaired) electrons. The van der Waals surface area contributed by atoms with Gasteiger partial charge >= 0.3 is 5.97 Å². The summed E-state index contributed by atoms with van der Waals surface area (Å²) in [5.41, 5.74) is 0.986. The number of ketones is 1. The SMILES string of the molecule is COC(=O)c1ccc(S(=O)(=O)N[C@@H]2c3cc(C(=O)CCCCCc4ccccc4)ccc3OC(C)(C)[C@H]2O)s1. The maximum atomic E-state index is 13.2.